The van der Waals surface area contributed by atoms with Crippen LogP contribution >= 0.6 is 0 Å². The van der Waals surface area contributed by atoms with Gasteiger partial charge in [-0.25, -0.2) is 0 Å². The summed E-state index contributed by atoms with van der Waals surface area (Å²) in [7, 11) is 1.76. The van der Waals surface area contributed by atoms with Crippen LogP contribution < -0.4 is 15.0 Å². The molecule has 0 aliphatic carbocycles. The Balaban J connectivity index is 1.39. The average molecular weight is 455 g/mol. The van der Waals surface area contributed by atoms with Gasteiger partial charge in [0.05, 0.1) is 31.5 Å². The molecule has 6 nitrogen and oxygen atoms in total. The highest BCUT2D eigenvalue weighted by Gasteiger charge is 2.27. The van der Waals surface area contributed by atoms with Gasteiger partial charge in [-0.2, -0.15) is 0 Å². The standard InChI is InChI=1S/C27H38N2O4/c1-3-31-19-21-5-8-23(9-6-21)24-11-12-28-18-27(24)33-20-22-7-10-26-25(17-22)29(14-16-32-26)13-4-15-30-2/h5-10,17,24,27-28H,3-4,11-16,18-20H2,1-2H3/t24-,27+/m1/s1. The third-order valence-corrected chi connectivity index (χ3v) is 6.53. The molecule has 4 rings (SSSR count). The van der Waals surface area contributed by atoms with Crippen LogP contribution in [0.1, 0.15) is 42.4 Å². The maximum Gasteiger partial charge on any atom is 0.142 e. The van der Waals surface area contributed by atoms with Crippen molar-refractivity contribution in [3.05, 3.63) is 59.2 Å². The highest BCUT2D eigenvalue weighted by Crippen LogP contribution is 2.34. The molecule has 0 saturated carbocycles. The van der Waals surface area contributed by atoms with Gasteiger partial charge in [0, 0.05) is 39.3 Å². The van der Waals surface area contributed by atoms with E-state index in [9.17, 15) is 0 Å². The van der Waals surface area contributed by atoms with E-state index < -0.39 is 0 Å². The first kappa shape index (κ1) is 24.0. The van der Waals surface area contributed by atoms with E-state index in [1.54, 1.807) is 7.11 Å². The quantitative estimate of drug-likeness (QED) is 0.516. The van der Waals surface area contributed by atoms with Gasteiger partial charge in [0.2, 0.25) is 0 Å². The molecule has 2 aliphatic heterocycles. The Hall–Kier alpha value is -2.12. The van der Waals surface area contributed by atoms with Crippen LogP contribution in [0.2, 0.25) is 0 Å². The molecule has 0 bridgehead atoms. The smallest absolute Gasteiger partial charge is 0.142 e. The Morgan fingerprint density at radius 3 is 2.76 bits per heavy atom. The van der Waals surface area contributed by atoms with Crippen LogP contribution in [0.3, 0.4) is 0 Å². The molecule has 180 valence electrons. The fourth-order valence-electron chi connectivity index (χ4n) is 4.71. The summed E-state index contributed by atoms with van der Waals surface area (Å²) < 4.78 is 23.1. The van der Waals surface area contributed by atoms with Crippen molar-refractivity contribution in [1.29, 1.82) is 0 Å². The molecule has 1 N–H and O–H groups in total. The van der Waals surface area contributed by atoms with E-state index in [2.05, 4.69) is 52.7 Å². The molecular weight excluding hydrogens is 416 g/mol. The number of piperidine rings is 1. The van der Waals surface area contributed by atoms with E-state index in [-0.39, 0.29) is 6.10 Å². The van der Waals surface area contributed by atoms with E-state index in [0.29, 0.717) is 19.1 Å². The summed E-state index contributed by atoms with van der Waals surface area (Å²) in [6.07, 6.45) is 2.25. The van der Waals surface area contributed by atoms with Crippen molar-refractivity contribution < 1.29 is 18.9 Å². The SMILES string of the molecule is CCOCc1ccc([C@H]2CCNC[C@@H]2OCc2ccc3c(c2)N(CCCOC)CCO3)cc1. The van der Waals surface area contributed by atoms with Crippen molar-refractivity contribution in [2.45, 2.75) is 45.0 Å². The summed E-state index contributed by atoms with van der Waals surface area (Å²) in [6.45, 7) is 9.34. The van der Waals surface area contributed by atoms with Crippen LogP contribution in [0.25, 0.3) is 0 Å². The predicted molar refractivity (Wildman–Crippen MR) is 131 cm³/mol. The zero-order valence-electron chi connectivity index (χ0n) is 20.1. The summed E-state index contributed by atoms with van der Waals surface area (Å²) in [6, 6.07) is 15.3. The van der Waals surface area contributed by atoms with Gasteiger partial charge in [-0.3, -0.25) is 0 Å². The van der Waals surface area contributed by atoms with Crippen LogP contribution in [-0.4, -0.2) is 59.2 Å². The first-order valence-corrected chi connectivity index (χ1v) is 12.3. The second kappa shape index (κ2) is 12.4. The van der Waals surface area contributed by atoms with Crippen LogP contribution in [0.4, 0.5) is 5.69 Å². The minimum Gasteiger partial charge on any atom is -0.490 e. The predicted octanol–water partition coefficient (Wildman–Crippen LogP) is 4.12. The number of hydrogen-bond acceptors (Lipinski definition) is 6. The normalized spacial score (nSPS) is 20.4. The monoisotopic (exact) mass is 454 g/mol. The molecule has 1 fully saturated rings. The van der Waals surface area contributed by atoms with E-state index in [4.69, 9.17) is 18.9 Å². The topological polar surface area (TPSA) is 52.2 Å². The molecule has 0 amide bonds. The molecule has 2 atom stereocenters. The lowest BCUT2D eigenvalue weighted by Crippen LogP contribution is -2.41. The molecule has 0 unspecified atom stereocenters. The highest BCUT2D eigenvalue weighted by atomic mass is 16.5. The Morgan fingerprint density at radius 2 is 1.94 bits per heavy atom. The van der Waals surface area contributed by atoms with Crippen molar-refractivity contribution >= 4 is 5.69 Å². The number of fused-ring (bicyclic) bond motifs is 1. The largest absolute Gasteiger partial charge is 0.490 e. The lowest BCUT2D eigenvalue weighted by atomic mass is 9.87. The van der Waals surface area contributed by atoms with E-state index in [1.807, 2.05) is 6.92 Å². The fourth-order valence-corrected chi connectivity index (χ4v) is 4.71. The lowest BCUT2D eigenvalue weighted by Gasteiger charge is -2.33. The molecule has 0 aromatic heterocycles. The van der Waals surface area contributed by atoms with Crippen molar-refractivity contribution in [2.24, 2.45) is 0 Å². The maximum absolute atomic E-state index is 6.49. The van der Waals surface area contributed by atoms with Crippen LogP contribution in [0.5, 0.6) is 5.75 Å². The maximum atomic E-state index is 6.49. The summed E-state index contributed by atoms with van der Waals surface area (Å²) >= 11 is 0. The van der Waals surface area contributed by atoms with Crippen molar-refractivity contribution in [2.75, 3.05) is 58.0 Å². The molecule has 0 radical (unpaired) electrons. The van der Waals surface area contributed by atoms with Crippen LogP contribution in [0, 0.1) is 0 Å². The number of nitrogens with zero attached hydrogens (tertiary/aromatic N) is 1. The summed E-state index contributed by atoms with van der Waals surface area (Å²) in [5, 5.41) is 3.51. The average Bonchev–Trinajstić information content (AvgIpc) is 2.87. The van der Waals surface area contributed by atoms with Crippen LogP contribution in [-0.2, 0) is 27.4 Å². The number of rotatable bonds is 11. The molecule has 2 aliphatic rings. The molecule has 1 saturated heterocycles. The van der Waals surface area contributed by atoms with Gasteiger partial charge in [0.1, 0.15) is 12.4 Å². The van der Waals surface area contributed by atoms with Gasteiger partial charge in [0.15, 0.2) is 0 Å². The van der Waals surface area contributed by atoms with Crippen LogP contribution in [0.15, 0.2) is 42.5 Å². The number of hydrogen-bond donors (Lipinski definition) is 1. The van der Waals surface area contributed by atoms with Gasteiger partial charge >= 0.3 is 0 Å². The second-order valence-electron chi connectivity index (χ2n) is 8.81. The van der Waals surface area contributed by atoms with E-state index in [1.165, 1.54) is 22.4 Å². The lowest BCUT2D eigenvalue weighted by molar-refractivity contribution is 0.0106. The summed E-state index contributed by atoms with van der Waals surface area (Å²) in [4.78, 5) is 2.40. The minimum atomic E-state index is 0.154. The third kappa shape index (κ3) is 6.48. The molecule has 33 heavy (non-hydrogen) atoms. The summed E-state index contributed by atoms with van der Waals surface area (Å²) in [5.41, 5.74) is 4.93. The summed E-state index contributed by atoms with van der Waals surface area (Å²) in [5.74, 6) is 1.37. The van der Waals surface area contributed by atoms with Gasteiger partial charge in [-0.05, 0) is 55.1 Å². The van der Waals surface area contributed by atoms with Gasteiger partial charge in [0.25, 0.3) is 0 Å². The first-order chi connectivity index (χ1) is 16.3. The Morgan fingerprint density at radius 1 is 1.09 bits per heavy atom. The van der Waals surface area contributed by atoms with E-state index >= 15 is 0 Å². The van der Waals surface area contributed by atoms with E-state index in [0.717, 1.165) is 64.6 Å². The molecule has 2 aromatic carbocycles. The van der Waals surface area contributed by atoms with Crippen molar-refractivity contribution in [3.63, 3.8) is 0 Å². The third-order valence-electron chi connectivity index (χ3n) is 6.53. The Bertz CT molecular complexity index is 858. The Labute approximate surface area is 198 Å². The molecule has 2 heterocycles. The zero-order chi connectivity index (χ0) is 22.9. The number of ether oxygens (including phenoxy) is 4. The highest BCUT2D eigenvalue weighted by molar-refractivity contribution is 5.61. The van der Waals surface area contributed by atoms with Crippen molar-refractivity contribution in [1.82, 2.24) is 5.32 Å². The number of benzene rings is 2. The molecule has 6 heteroatoms. The van der Waals surface area contributed by atoms with Crippen molar-refractivity contribution in [3.8, 4) is 5.75 Å². The number of anilines is 1. The zero-order valence-corrected chi connectivity index (χ0v) is 20.1. The number of nitrogens with one attached hydrogen (secondary N) is 1. The van der Waals surface area contributed by atoms with Gasteiger partial charge in [-0.15, -0.1) is 0 Å². The van der Waals surface area contributed by atoms with Gasteiger partial charge < -0.3 is 29.2 Å². The second-order valence-corrected chi connectivity index (χ2v) is 8.81. The van der Waals surface area contributed by atoms with Gasteiger partial charge in [-0.1, -0.05) is 30.3 Å². The number of methoxy groups -OCH3 is 1. The first-order valence-electron chi connectivity index (χ1n) is 12.3. The molecule has 0 spiro atoms. The molecule has 2 aromatic rings. The minimum absolute atomic E-state index is 0.154. The fraction of sp³-hybridized carbons (Fsp3) is 0.556. The molecular formula is C27H38N2O4. The Kier molecular flexibility index (Phi) is 9.01.